The SMILES string of the molecule is CC(=O)Nc1ccc(/C=C/C(=O)NC2CCC(O)(c3cccnc3)CC2)cc1. The molecule has 0 bridgehead atoms. The van der Waals surface area contributed by atoms with Crippen molar-refractivity contribution >= 4 is 23.6 Å². The van der Waals surface area contributed by atoms with Gasteiger partial charge in [0.2, 0.25) is 11.8 Å². The van der Waals surface area contributed by atoms with Gasteiger partial charge in [-0.2, -0.15) is 0 Å². The quantitative estimate of drug-likeness (QED) is 0.697. The molecule has 146 valence electrons. The third-order valence-corrected chi connectivity index (χ3v) is 5.02. The van der Waals surface area contributed by atoms with Gasteiger partial charge in [0.1, 0.15) is 0 Å². The van der Waals surface area contributed by atoms with Gasteiger partial charge in [-0.15, -0.1) is 0 Å². The number of hydrogen-bond acceptors (Lipinski definition) is 4. The number of carbonyl (C=O) groups excluding carboxylic acids is 2. The van der Waals surface area contributed by atoms with Gasteiger partial charge in [-0.25, -0.2) is 0 Å². The first-order valence-electron chi connectivity index (χ1n) is 9.44. The molecule has 2 amide bonds. The van der Waals surface area contributed by atoms with Crippen molar-refractivity contribution in [1.82, 2.24) is 10.3 Å². The first kappa shape index (κ1) is 19.8. The second-order valence-corrected chi connectivity index (χ2v) is 7.19. The maximum Gasteiger partial charge on any atom is 0.244 e. The van der Waals surface area contributed by atoms with Gasteiger partial charge in [-0.3, -0.25) is 14.6 Å². The maximum absolute atomic E-state index is 12.2. The molecule has 0 atom stereocenters. The van der Waals surface area contributed by atoms with Crippen LogP contribution < -0.4 is 10.6 Å². The second kappa shape index (κ2) is 8.80. The summed E-state index contributed by atoms with van der Waals surface area (Å²) in [5.74, 6) is -0.270. The minimum Gasteiger partial charge on any atom is -0.385 e. The van der Waals surface area contributed by atoms with Crippen LogP contribution in [0.25, 0.3) is 6.08 Å². The van der Waals surface area contributed by atoms with Gasteiger partial charge in [0.25, 0.3) is 0 Å². The number of pyridine rings is 1. The van der Waals surface area contributed by atoms with Crippen LogP contribution in [0.1, 0.15) is 43.7 Å². The van der Waals surface area contributed by atoms with Gasteiger partial charge < -0.3 is 15.7 Å². The van der Waals surface area contributed by atoms with Crippen LogP contribution in [0.4, 0.5) is 5.69 Å². The molecule has 1 fully saturated rings. The van der Waals surface area contributed by atoms with Crippen molar-refractivity contribution in [1.29, 1.82) is 0 Å². The van der Waals surface area contributed by atoms with Gasteiger partial charge in [0.05, 0.1) is 5.60 Å². The zero-order valence-corrected chi connectivity index (χ0v) is 15.9. The van der Waals surface area contributed by atoms with E-state index in [-0.39, 0.29) is 17.9 Å². The summed E-state index contributed by atoms with van der Waals surface area (Å²) >= 11 is 0. The number of amides is 2. The Bertz CT molecular complexity index is 839. The molecule has 3 N–H and O–H groups in total. The Balaban J connectivity index is 1.49. The summed E-state index contributed by atoms with van der Waals surface area (Å²) in [5, 5.41) is 16.5. The van der Waals surface area contributed by atoms with Gasteiger partial charge in [0.15, 0.2) is 0 Å². The molecule has 0 radical (unpaired) electrons. The molecule has 28 heavy (non-hydrogen) atoms. The molecule has 1 saturated carbocycles. The molecular weight excluding hydrogens is 354 g/mol. The molecular formula is C22H25N3O3. The minimum absolute atomic E-state index is 0.0521. The highest BCUT2D eigenvalue weighted by Gasteiger charge is 2.35. The van der Waals surface area contributed by atoms with Gasteiger partial charge in [0, 0.05) is 42.7 Å². The summed E-state index contributed by atoms with van der Waals surface area (Å²) in [4.78, 5) is 27.3. The highest BCUT2D eigenvalue weighted by atomic mass is 16.3. The van der Waals surface area contributed by atoms with Gasteiger partial charge in [-0.05, 0) is 55.5 Å². The lowest BCUT2D eigenvalue weighted by Crippen LogP contribution is -2.41. The number of rotatable bonds is 5. The van der Waals surface area contributed by atoms with Crippen LogP contribution in [0.5, 0.6) is 0 Å². The Morgan fingerprint density at radius 2 is 1.89 bits per heavy atom. The largest absolute Gasteiger partial charge is 0.385 e. The number of nitrogens with one attached hydrogen (secondary N) is 2. The Kier molecular flexibility index (Phi) is 6.21. The molecule has 0 spiro atoms. The average Bonchev–Trinajstić information content (AvgIpc) is 2.70. The molecule has 6 heteroatoms. The van der Waals surface area contributed by atoms with Crippen molar-refractivity contribution in [3.8, 4) is 0 Å². The lowest BCUT2D eigenvalue weighted by molar-refractivity contribution is -0.118. The zero-order valence-electron chi connectivity index (χ0n) is 15.9. The molecule has 2 aromatic rings. The summed E-state index contributed by atoms with van der Waals surface area (Å²) < 4.78 is 0. The van der Waals surface area contributed by atoms with Gasteiger partial charge in [-0.1, -0.05) is 18.2 Å². The highest BCUT2D eigenvalue weighted by Crippen LogP contribution is 2.36. The third-order valence-electron chi connectivity index (χ3n) is 5.02. The van der Waals surface area contributed by atoms with Crippen LogP contribution in [-0.2, 0) is 15.2 Å². The molecule has 0 saturated heterocycles. The fourth-order valence-corrected chi connectivity index (χ4v) is 3.47. The van der Waals surface area contributed by atoms with E-state index in [1.165, 1.54) is 13.0 Å². The van der Waals surface area contributed by atoms with Crippen LogP contribution >= 0.6 is 0 Å². The molecule has 0 unspecified atom stereocenters. The lowest BCUT2D eigenvalue weighted by atomic mass is 9.78. The summed E-state index contributed by atoms with van der Waals surface area (Å²) in [6, 6.07) is 11.0. The van der Waals surface area contributed by atoms with Crippen LogP contribution in [0.3, 0.4) is 0 Å². The molecule has 6 nitrogen and oxygen atoms in total. The Hall–Kier alpha value is -2.99. The predicted octanol–water partition coefficient (Wildman–Crippen LogP) is 3.00. The summed E-state index contributed by atoms with van der Waals surface area (Å²) in [5.41, 5.74) is 1.57. The second-order valence-electron chi connectivity index (χ2n) is 7.19. The van der Waals surface area contributed by atoms with E-state index in [0.717, 1.165) is 29.7 Å². The van der Waals surface area contributed by atoms with Crippen LogP contribution in [0.2, 0.25) is 0 Å². The van der Waals surface area contributed by atoms with E-state index in [0.29, 0.717) is 12.8 Å². The molecule has 1 aromatic heterocycles. The first-order valence-corrected chi connectivity index (χ1v) is 9.44. The number of aliphatic hydroxyl groups is 1. The Morgan fingerprint density at radius 1 is 1.18 bits per heavy atom. The van der Waals surface area contributed by atoms with Crippen LogP contribution in [0, 0.1) is 0 Å². The first-order chi connectivity index (χ1) is 13.4. The van der Waals surface area contributed by atoms with E-state index < -0.39 is 5.60 Å². The monoisotopic (exact) mass is 379 g/mol. The molecule has 1 aliphatic carbocycles. The molecule has 1 aliphatic rings. The third kappa shape index (κ3) is 5.27. The molecule has 1 aromatic carbocycles. The standard InChI is InChI=1S/C22H25N3O3/c1-16(26)24-19-7-4-17(5-8-19)6-9-21(27)25-20-10-12-22(28,13-11-20)18-3-2-14-23-15-18/h2-9,14-15,20,28H,10-13H2,1H3,(H,24,26)(H,25,27)/b9-6+. The van der Waals surface area contributed by atoms with Crippen LogP contribution in [0.15, 0.2) is 54.9 Å². The highest BCUT2D eigenvalue weighted by molar-refractivity contribution is 5.92. The Morgan fingerprint density at radius 3 is 2.50 bits per heavy atom. The average molecular weight is 379 g/mol. The molecule has 1 heterocycles. The fraction of sp³-hybridized carbons (Fsp3) is 0.318. The topological polar surface area (TPSA) is 91.3 Å². The van der Waals surface area contributed by atoms with E-state index in [1.54, 1.807) is 30.6 Å². The van der Waals surface area contributed by atoms with Crippen molar-refractivity contribution in [2.24, 2.45) is 0 Å². The summed E-state index contributed by atoms with van der Waals surface area (Å²) in [7, 11) is 0. The van der Waals surface area contributed by atoms with E-state index in [2.05, 4.69) is 15.6 Å². The van der Waals surface area contributed by atoms with Gasteiger partial charge >= 0.3 is 0 Å². The maximum atomic E-state index is 12.2. The predicted molar refractivity (Wildman–Crippen MR) is 108 cm³/mol. The number of aromatic nitrogens is 1. The number of benzene rings is 1. The van der Waals surface area contributed by atoms with Crippen molar-refractivity contribution < 1.29 is 14.7 Å². The summed E-state index contributed by atoms with van der Waals surface area (Å²) in [6.45, 7) is 1.46. The van der Waals surface area contributed by atoms with E-state index in [9.17, 15) is 14.7 Å². The smallest absolute Gasteiger partial charge is 0.244 e. The van der Waals surface area contributed by atoms with E-state index >= 15 is 0 Å². The Labute approximate surface area is 164 Å². The number of anilines is 1. The molecule has 0 aliphatic heterocycles. The lowest BCUT2D eigenvalue weighted by Gasteiger charge is -2.36. The minimum atomic E-state index is -0.860. The number of nitrogens with zero attached hydrogens (tertiary/aromatic N) is 1. The number of hydrogen-bond donors (Lipinski definition) is 3. The van der Waals surface area contributed by atoms with Crippen molar-refractivity contribution in [2.75, 3.05) is 5.32 Å². The summed E-state index contributed by atoms with van der Waals surface area (Å²) in [6.07, 6.45) is 9.27. The van der Waals surface area contributed by atoms with E-state index in [1.807, 2.05) is 24.3 Å². The van der Waals surface area contributed by atoms with Crippen molar-refractivity contribution in [3.05, 3.63) is 66.0 Å². The zero-order chi connectivity index (χ0) is 20.0. The normalized spacial score (nSPS) is 22.0. The number of carbonyl (C=O) groups is 2. The molecule has 3 rings (SSSR count). The van der Waals surface area contributed by atoms with Crippen molar-refractivity contribution in [2.45, 2.75) is 44.2 Å². The van der Waals surface area contributed by atoms with Crippen LogP contribution in [-0.4, -0.2) is 27.9 Å². The fourth-order valence-electron chi connectivity index (χ4n) is 3.47. The van der Waals surface area contributed by atoms with Crippen molar-refractivity contribution in [3.63, 3.8) is 0 Å². The van der Waals surface area contributed by atoms with E-state index in [4.69, 9.17) is 0 Å².